The molecule has 8 heteroatoms. The number of benzene rings is 2. The van der Waals surface area contributed by atoms with Gasteiger partial charge in [-0.15, -0.1) is 0 Å². The van der Waals surface area contributed by atoms with Crippen LogP contribution < -0.4 is 10.3 Å². The first-order valence-corrected chi connectivity index (χ1v) is 14.2. The van der Waals surface area contributed by atoms with Gasteiger partial charge in [-0.05, 0) is 101 Å². The second kappa shape index (κ2) is 11.0. The predicted molar refractivity (Wildman–Crippen MR) is 153 cm³/mol. The molecule has 0 radical (unpaired) electrons. The zero-order valence-electron chi connectivity index (χ0n) is 24.1. The third-order valence-electron chi connectivity index (χ3n) is 8.01. The Morgan fingerprint density at radius 3 is 2.52 bits per heavy atom. The van der Waals surface area contributed by atoms with E-state index in [0.717, 1.165) is 42.7 Å². The molecule has 0 saturated carbocycles. The number of nitrogens with zero attached hydrogens (tertiary/aromatic N) is 2. The van der Waals surface area contributed by atoms with E-state index < -0.39 is 23.5 Å². The van der Waals surface area contributed by atoms with E-state index in [0.29, 0.717) is 34.9 Å². The van der Waals surface area contributed by atoms with Crippen molar-refractivity contribution in [3.63, 3.8) is 0 Å². The van der Waals surface area contributed by atoms with Gasteiger partial charge in [-0.3, -0.25) is 9.69 Å². The van der Waals surface area contributed by atoms with E-state index in [2.05, 4.69) is 4.90 Å². The number of carboxylic acids is 1. The summed E-state index contributed by atoms with van der Waals surface area (Å²) in [5.74, 6) is -1.45. The van der Waals surface area contributed by atoms with Crippen LogP contribution >= 0.6 is 0 Å². The maximum absolute atomic E-state index is 15.5. The first-order valence-electron chi connectivity index (χ1n) is 14.2. The van der Waals surface area contributed by atoms with Crippen LogP contribution in [0.25, 0.3) is 21.9 Å². The number of carbonyl (C=O) groups is 1. The molecule has 1 atom stereocenters. The van der Waals surface area contributed by atoms with Crippen molar-refractivity contribution >= 4 is 16.7 Å². The van der Waals surface area contributed by atoms with Crippen LogP contribution in [0.5, 0.6) is 5.75 Å². The quantitative estimate of drug-likeness (QED) is 0.411. The van der Waals surface area contributed by atoms with E-state index in [-0.39, 0.29) is 17.0 Å². The highest BCUT2D eigenvalue weighted by atomic mass is 19.1. The minimum Gasteiger partial charge on any atom is -0.490 e. The minimum absolute atomic E-state index is 0.197. The van der Waals surface area contributed by atoms with E-state index in [9.17, 15) is 14.7 Å². The lowest BCUT2D eigenvalue weighted by atomic mass is 9.87. The summed E-state index contributed by atoms with van der Waals surface area (Å²) in [5, 5.41) is 11.4. The fourth-order valence-corrected chi connectivity index (χ4v) is 6.14. The second-order valence-corrected chi connectivity index (χ2v) is 12.1. The van der Waals surface area contributed by atoms with E-state index in [4.69, 9.17) is 9.47 Å². The highest BCUT2D eigenvalue weighted by Gasteiger charge is 2.34. The Morgan fingerprint density at radius 2 is 1.85 bits per heavy atom. The molecule has 2 aliphatic heterocycles. The highest BCUT2D eigenvalue weighted by Crippen LogP contribution is 2.43. The van der Waals surface area contributed by atoms with Gasteiger partial charge in [-0.25, -0.2) is 9.18 Å². The largest absolute Gasteiger partial charge is 0.490 e. The van der Waals surface area contributed by atoms with E-state index >= 15 is 4.39 Å². The number of aromatic nitrogens is 1. The second-order valence-electron chi connectivity index (χ2n) is 12.1. The summed E-state index contributed by atoms with van der Waals surface area (Å²) >= 11 is 0. The third-order valence-corrected chi connectivity index (χ3v) is 8.01. The molecule has 3 aromatic rings. The Labute approximate surface area is 234 Å². The Bertz CT molecular complexity index is 1510. The number of hydrogen-bond acceptors (Lipinski definition) is 5. The molecule has 2 aromatic carbocycles. The number of likely N-dealkylation sites (tertiary alicyclic amines) is 1. The minimum atomic E-state index is -1.44. The van der Waals surface area contributed by atoms with Crippen LogP contribution in [0.1, 0.15) is 74.9 Å². The van der Waals surface area contributed by atoms with Gasteiger partial charge in [-0.2, -0.15) is 0 Å². The van der Waals surface area contributed by atoms with Crippen LogP contribution in [0.15, 0.2) is 29.1 Å². The molecular weight excluding hydrogens is 511 g/mol. The van der Waals surface area contributed by atoms with Crippen LogP contribution in [0, 0.1) is 12.7 Å². The van der Waals surface area contributed by atoms with Crippen LogP contribution in [0.2, 0.25) is 0 Å². The highest BCUT2D eigenvalue weighted by molar-refractivity contribution is 6.00. The molecule has 1 fully saturated rings. The van der Waals surface area contributed by atoms with Gasteiger partial charge in [0.2, 0.25) is 0 Å². The average molecular weight is 551 g/mol. The fraction of sp³-hybridized carbons (Fsp3) is 0.500. The molecule has 0 spiro atoms. The average Bonchev–Trinajstić information content (AvgIpc) is 2.92. The summed E-state index contributed by atoms with van der Waals surface area (Å²) in [6, 6.07) is 7.21. The smallest absolute Gasteiger partial charge is 0.339 e. The van der Waals surface area contributed by atoms with Gasteiger partial charge in [0, 0.05) is 30.1 Å². The molecule has 1 aromatic heterocycles. The van der Waals surface area contributed by atoms with Gasteiger partial charge in [0.25, 0.3) is 5.56 Å². The number of hydrogen-bond donors (Lipinski definition) is 1. The predicted octanol–water partition coefficient (Wildman–Crippen LogP) is 5.90. The number of pyridine rings is 1. The van der Waals surface area contributed by atoms with Crippen LogP contribution in [-0.2, 0) is 29.5 Å². The van der Waals surface area contributed by atoms with Gasteiger partial charge >= 0.3 is 5.97 Å². The first-order chi connectivity index (χ1) is 19.0. The summed E-state index contributed by atoms with van der Waals surface area (Å²) in [4.78, 5) is 28.9. The van der Waals surface area contributed by atoms with Crippen molar-refractivity contribution < 1.29 is 23.8 Å². The fourth-order valence-electron chi connectivity index (χ4n) is 6.14. The normalized spacial score (nSPS) is 16.9. The Kier molecular flexibility index (Phi) is 7.77. The lowest BCUT2D eigenvalue weighted by Gasteiger charge is -2.30. The molecule has 2 aliphatic rings. The zero-order valence-corrected chi connectivity index (χ0v) is 24.1. The molecule has 214 valence electrons. The SMILES string of the molecule is Cc1c(-c2c([C@H](OC(C)(C)C)C(=O)O)n(C)c(=O)c3cc(CN4CCCCC4)ccc23)cc(F)c2c1CCCO2. The molecule has 3 heterocycles. The summed E-state index contributed by atoms with van der Waals surface area (Å²) < 4.78 is 28.6. The van der Waals surface area contributed by atoms with Crippen molar-refractivity contribution in [2.45, 2.75) is 78.0 Å². The van der Waals surface area contributed by atoms with Crippen LogP contribution in [0.3, 0.4) is 0 Å². The first kappa shape index (κ1) is 28.3. The van der Waals surface area contributed by atoms with Crippen LogP contribution in [-0.4, -0.2) is 45.8 Å². The summed E-state index contributed by atoms with van der Waals surface area (Å²) in [5.41, 5.74) is 2.74. The molecule has 0 amide bonds. The Morgan fingerprint density at radius 1 is 1.12 bits per heavy atom. The number of aliphatic carboxylic acids is 1. The molecule has 0 bridgehead atoms. The van der Waals surface area contributed by atoms with Crippen molar-refractivity contribution in [1.29, 1.82) is 0 Å². The van der Waals surface area contributed by atoms with Crippen molar-refractivity contribution in [2.24, 2.45) is 7.05 Å². The molecule has 40 heavy (non-hydrogen) atoms. The maximum atomic E-state index is 15.5. The van der Waals surface area contributed by atoms with E-state index in [1.165, 1.54) is 29.9 Å². The van der Waals surface area contributed by atoms with Crippen molar-refractivity contribution in [3.8, 4) is 16.9 Å². The topological polar surface area (TPSA) is 81.0 Å². The molecular formula is C32H39FN2O5. The Balaban J connectivity index is 1.80. The zero-order chi connectivity index (χ0) is 28.8. The van der Waals surface area contributed by atoms with Crippen molar-refractivity contribution in [3.05, 3.63) is 62.8 Å². The summed E-state index contributed by atoms with van der Waals surface area (Å²) in [6.45, 7) is 10.5. The molecule has 0 aliphatic carbocycles. The number of carboxylic acid groups (broad SMARTS) is 1. The lowest BCUT2D eigenvalue weighted by Crippen LogP contribution is -2.33. The van der Waals surface area contributed by atoms with Gasteiger partial charge < -0.3 is 19.1 Å². The van der Waals surface area contributed by atoms with Crippen LogP contribution in [0.4, 0.5) is 4.39 Å². The monoisotopic (exact) mass is 550 g/mol. The molecule has 5 rings (SSSR count). The van der Waals surface area contributed by atoms with Gasteiger partial charge in [0.15, 0.2) is 17.7 Å². The number of rotatable bonds is 6. The Hall–Kier alpha value is -3.23. The van der Waals surface area contributed by atoms with Gasteiger partial charge in [0.05, 0.1) is 17.9 Å². The standard InChI is InChI=1S/C32H39FN2O5/c1-19-21-10-9-15-39-28(21)25(33)17-23(19)26-22-12-11-20(18-35-13-7-6-8-14-35)16-24(22)30(36)34(5)27(26)29(31(37)38)40-32(2,3)4/h11-12,16-17,29H,6-10,13-15,18H2,1-5H3,(H,37,38)/t29-/m0/s1. The lowest BCUT2D eigenvalue weighted by molar-refractivity contribution is -0.161. The number of piperidine rings is 1. The molecule has 0 unspecified atom stereocenters. The number of halogens is 1. The summed E-state index contributed by atoms with van der Waals surface area (Å²) in [7, 11) is 1.58. The number of ether oxygens (including phenoxy) is 2. The molecule has 1 saturated heterocycles. The molecule has 1 N–H and O–H groups in total. The summed E-state index contributed by atoms with van der Waals surface area (Å²) in [6.07, 6.45) is 3.55. The van der Waals surface area contributed by atoms with Crippen molar-refractivity contribution in [1.82, 2.24) is 9.47 Å². The van der Waals surface area contributed by atoms with Gasteiger partial charge in [-0.1, -0.05) is 18.6 Å². The van der Waals surface area contributed by atoms with Crippen molar-refractivity contribution in [2.75, 3.05) is 19.7 Å². The molecule has 7 nitrogen and oxygen atoms in total. The maximum Gasteiger partial charge on any atom is 0.339 e. The van der Waals surface area contributed by atoms with Gasteiger partial charge in [0.1, 0.15) is 0 Å². The van der Waals surface area contributed by atoms with E-state index in [1.807, 2.05) is 25.1 Å². The third kappa shape index (κ3) is 5.39. The number of fused-ring (bicyclic) bond motifs is 2. The van der Waals surface area contributed by atoms with E-state index in [1.54, 1.807) is 27.8 Å².